The topological polar surface area (TPSA) is 43.4 Å². The first kappa shape index (κ1) is 15.5. The Kier molecular flexibility index (Phi) is 5.80. The molecule has 0 aliphatic carbocycles. The SMILES string of the molecule is COC(=O)/C(=C\C=C/C(C)=O)c1ccc(Cl)c(Cl)c1. The zero-order valence-electron chi connectivity index (χ0n) is 10.4. The van der Waals surface area contributed by atoms with Crippen LogP contribution in [0.4, 0.5) is 0 Å². The van der Waals surface area contributed by atoms with Gasteiger partial charge in [-0.1, -0.05) is 35.3 Å². The summed E-state index contributed by atoms with van der Waals surface area (Å²) in [6.07, 6.45) is 4.32. The summed E-state index contributed by atoms with van der Waals surface area (Å²) < 4.78 is 4.69. The summed E-state index contributed by atoms with van der Waals surface area (Å²) in [5.41, 5.74) is 0.855. The number of methoxy groups -OCH3 is 1. The Morgan fingerprint density at radius 3 is 2.42 bits per heavy atom. The molecular weight excluding hydrogens is 287 g/mol. The van der Waals surface area contributed by atoms with Crippen molar-refractivity contribution in [2.24, 2.45) is 0 Å². The normalized spacial score (nSPS) is 11.7. The predicted octanol–water partition coefficient (Wildman–Crippen LogP) is 3.70. The molecule has 0 atom stereocenters. The molecule has 100 valence electrons. The first-order valence-corrected chi connectivity index (χ1v) is 6.14. The number of carbonyl (C=O) groups excluding carboxylic acids is 2. The summed E-state index contributed by atoms with van der Waals surface area (Å²) in [6.45, 7) is 1.42. The summed E-state index contributed by atoms with van der Waals surface area (Å²) in [5, 5.41) is 0.735. The van der Waals surface area contributed by atoms with Gasteiger partial charge in [-0.15, -0.1) is 0 Å². The van der Waals surface area contributed by atoms with Crippen LogP contribution in [0.3, 0.4) is 0 Å². The maximum absolute atomic E-state index is 11.7. The summed E-state index contributed by atoms with van der Waals surface area (Å²) >= 11 is 11.7. The first-order valence-electron chi connectivity index (χ1n) is 5.38. The van der Waals surface area contributed by atoms with Gasteiger partial charge < -0.3 is 4.74 Å². The van der Waals surface area contributed by atoms with Crippen molar-refractivity contribution in [3.8, 4) is 0 Å². The Balaban J connectivity index is 3.20. The number of halogens is 2. The zero-order chi connectivity index (χ0) is 14.4. The maximum atomic E-state index is 11.7. The Morgan fingerprint density at radius 1 is 1.21 bits per heavy atom. The molecule has 0 N–H and O–H groups in total. The van der Waals surface area contributed by atoms with Crippen molar-refractivity contribution in [1.29, 1.82) is 0 Å². The molecule has 0 unspecified atom stereocenters. The molecule has 0 fully saturated rings. The van der Waals surface area contributed by atoms with E-state index in [0.717, 1.165) is 0 Å². The first-order chi connectivity index (χ1) is 8.95. The van der Waals surface area contributed by atoms with Crippen molar-refractivity contribution >= 4 is 40.5 Å². The highest BCUT2D eigenvalue weighted by atomic mass is 35.5. The van der Waals surface area contributed by atoms with Crippen LogP contribution in [0.1, 0.15) is 12.5 Å². The van der Waals surface area contributed by atoms with Gasteiger partial charge in [0, 0.05) is 0 Å². The smallest absolute Gasteiger partial charge is 0.338 e. The van der Waals surface area contributed by atoms with Gasteiger partial charge in [0.2, 0.25) is 0 Å². The van der Waals surface area contributed by atoms with E-state index in [1.807, 2.05) is 0 Å². The fraction of sp³-hybridized carbons (Fsp3) is 0.143. The molecule has 0 aromatic heterocycles. The molecule has 19 heavy (non-hydrogen) atoms. The molecule has 0 radical (unpaired) electrons. The van der Waals surface area contributed by atoms with E-state index in [1.165, 1.54) is 32.3 Å². The van der Waals surface area contributed by atoms with Crippen molar-refractivity contribution in [1.82, 2.24) is 0 Å². The van der Waals surface area contributed by atoms with Crippen molar-refractivity contribution in [3.63, 3.8) is 0 Å². The number of ether oxygens (including phenoxy) is 1. The maximum Gasteiger partial charge on any atom is 0.338 e. The van der Waals surface area contributed by atoms with Crippen LogP contribution in [0.5, 0.6) is 0 Å². The molecule has 0 spiro atoms. The van der Waals surface area contributed by atoms with Crippen LogP contribution in [0, 0.1) is 0 Å². The van der Waals surface area contributed by atoms with Crippen LogP contribution < -0.4 is 0 Å². The minimum atomic E-state index is -0.522. The van der Waals surface area contributed by atoms with E-state index in [9.17, 15) is 9.59 Å². The highest BCUT2D eigenvalue weighted by Gasteiger charge is 2.12. The largest absolute Gasteiger partial charge is 0.465 e. The molecular formula is C14H12Cl2O3. The fourth-order valence-corrected chi connectivity index (χ4v) is 1.63. The molecule has 0 amide bonds. The van der Waals surface area contributed by atoms with Crippen LogP contribution in [0.25, 0.3) is 5.57 Å². The monoisotopic (exact) mass is 298 g/mol. The number of carbonyl (C=O) groups is 2. The van der Waals surface area contributed by atoms with Crippen molar-refractivity contribution < 1.29 is 14.3 Å². The number of esters is 1. The average molecular weight is 299 g/mol. The molecule has 0 heterocycles. The highest BCUT2D eigenvalue weighted by Crippen LogP contribution is 2.26. The molecule has 0 aliphatic heterocycles. The van der Waals surface area contributed by atoms with Crippen molar-refractivity contribution in [2.45, 2.75) is 6.92 Å². The molecule has 5 heteroatoms. The summed E-state index contributed by atoms with van der Waals surface area (Å²) in [4.78, 5) is 22.5. The van der Waals surface area contributed by atoms with Gasteiger partial charge in [0.1, 0.15) is 0 Å². The van der Waals surface area contributed by atoms with Gasteiger partial charge in [-0.3, -0.25) is 4.79 Å². The lowest BCUT2D eigenvalue weighted by molar-refractivity contribution is -0.133. The van der Waals surface area contributed by atoms with Gasteiger partial charge in [0.25, 0.3) is 0 Å². The Morgan fingerprint density at radius 2 is 1.89 bits per heavy atom. The lowest BCUT2D eigenvalue weighted by atomic mass is 10.1. The number of benzene rings is 1. The average Bonchev–Trinajstić information content (AvgIpc) is 2.37. The fourth-order valence-electron chi connectivity index (χ4n) is 1.34. The van der Waals surface area contributed by atoms with Gasteiger partial charge in [-0.05, 0) is 36.8 Å². The second-order valence-corrected chi connectivity index (χ2v) is 4.48. The summed E-state index contributed by atoms with van der Waals surface area (Å²) in [6, 6.07) is 4.80. The molecule has 1 aromatic rings. The van der Waals surface area contributed by atoms with Crippen LogP contribution in [-0.4, -0.2) is 18.9 Å². The van der Waals surface area contributed by atoms with Gasteiger partial charge in [0.15, 0.2) is 5.78 Å². The number of allylic oxidation sites excluding steroid dienone is 3. The molecule has 0 bridgehead atoms. The lowest BCUT2D eigenvalue weighted by Crippen LogP contribution is -2.03. The van der Waals surface area contributed by atoms with Crippen LogP contribution in [-0.2, 0) is 14.3 Å². The van der Waals surface area contributed by atoms with E-state index in [1.54, 1.807) is 18.2 Å². The minimum Gasteiger partial charge on any atom is -0.465 e. The van der Waals surface area contributed by atoms with E-state index in [0.29, 0.717) is 21.2 Å². The molecule has 0 aliphatic rings. The molecule has 1 rings (SSSR count). The second-order valence-electron chi connectivity index (χ2n) is 3.67. The third-order valence-corrected chi connectivity index (χ3v) is 2.97. The summed E-state index contributed by atoms with van der Waals surface area (Å²) in [5.74, 6) is -0.638. The van der Waals surface area contributed by atoms with Gasteiger partial charge in [-0.25, -0.2) is 4.79 Å². The predicted molar refractivity (Wildman–Crippen MR) is 76.3 cm³/mol. The Bertz CT molecular complexity index is 560. The Labute approximate surface area is 121 Å². The van der Waals surface area contributed by atoms with E-state index in [2.05, 4.69) is 0 Å². The third-order valence-electron chi connectivity index (χ3n) is 2.23. The molecule has 1 aromatic carbocycles. The van der Waals surface area contributed by atoms with Gasteiger partial charge in [0.05, 0.1) is 22.7 Å². The minimum absolute atomic E-state index is 0.116. The third kappa shape index (κ3) is 4.54. The van der Waals surface area contributed by atoms with Crippen molar-refractivity contribution in [2.75, 3.05) is 7.11 Å². The zero-order valence-corrected chi connectivity index (χ0v) is 12.0. The lowest BCUT2D eigenvalue weighted by Gasteiger charge is -2.06. The highest BCUT2D eigenvalue weighted by molar-refractivity contribution is 6.42. The number of hydrogen-bond donors (Lipinski definition) is 0. The number of hydrogen-bond acceptors (Lipinski definition) is 3. The molecule has 0 saturated carbocycles. The summed E-state index contributed by atoms with van der Waals surface area (Å²) in [7, 11) is 1.28. The van der Waals surface area contributed by atoms with Gasteiger partial charge >= 0.3 is 5.97 Å². The molecule has 0 saturated heterocycles. The quantitative estimate of drug-likeness (QED) is 0.484. The van der Waals surface area contributed by atoms with Crippen LogP contribution >= 0.6 is 23.2 Å². The van der Waals surface area contributed by atoms with Gasteiger partial charge in [-0.2, -0.15) is 0 Å². The second kappa shape index (κ2) is 7.12. The molecule has 3 nitrogen and oxygen atoms in total. The van der Waals surface area contributed by atoms with E-state index >= 15 is 0 Å². The number of rotatable bonds is 4. The van der Waals surface area contributed by atoms with E-state index in [4.69, 9.17) is 27.9 Å². The van der Waals surface area contributed by atoms with E-state index < -0.39 is 5.97 Å². The van der Waals surface area contributed by atoms with Crippen molar-refractivity contribution in [3.05, 3.63) is 52.0 Å². The standard InChI is InChI=1S/C14H12Cl2O3/c1-9(17)4-3-5-11(14(18)19-2)10-6-7-12(15)13(16)8-10/h3-8H,1-2H3/b4-3-,11-5-. The van der Waals surface area contributed by atoms with Crippen LogP contribution in [0.15, 0.2) is 36.4 Å². The number of ketones is 1. The van der Waals surface area contributed by atoms with E-state index in [-0.39, 0.29) is 5.78 Å². The Hall–Kier alpha value is -1.58. The van der Waals surface area contributed by atoms with Crippen LogP contribution in [0.2, 0.25) is 10.0 Å².